The maximum atomic E-state index is 12.3. The molecule has 4 rings (SSSR count). The van der Waals surface area contributed by atoms with Crippen LogP contribution in [0.3, 0.4) is 0 Å². The van der Waals surface area contributed by atoms with Gasteiger partial charge in [-0.2, -0.15) is 0 Å². The average molecular weight is 358 g/mol. The minimum atomic E-state index is -1.60. The molecule has 5 nitrogen and oxygen atoms in total. The minimum Gasteiger partial charge on any atom is -0.393 e. The normalized spacial score (nSPS) is 49.3. The van der Waals surface area contributed by atoms with Gasteiger partial charge in [-0.1, -0.05) is 32.1 Å². The van der Waals surface area contributed by atoms with Gasteiger partial charge >= 0.3 is 0 Å². The Bertz CT molecular complexity index is 764. The van der Waals surface area contributed by atoms with E-state index in [1.165, 1.54) is 0 Å². The second-order valence-corrected chi connectivity index (χ2v) is 8.86. The fraction of sp³-hybridized carbons (Fsp3) is 0.619. The number of aliphatic hydroxyl groups excluding tert-OH is 2. The van der Waals surface area contributed by atoms with E-state index < -0.39 is 34.9 Å². The highest BCUT2D eigenvalue weighted by Gasteiger charge is 2.67. The van der Waals surface area contributed by atoms with E-state index in [1.54, 1.807) is 12.2 Å². The molecular weight excluding hydrogens is 332 g/mol. The van der Waals surface area contributed by atoms with Gasteiger partial charge in [0, 0.05) is 16.7 Å². The van der Waals surface area contributed by atoms with E-state index in [-0.39, 0.29) is 23.5 Å². The second-order valence-electron chi connectivity index (χ2n) is 8.86. The Morgan fingerprint density at radius 1 is 1.31 bits per heavy atom. The van der Waals surface area contributed by atoms with Crippen LogP contribution in [0.25, 0.3) is 0 Å². The van der Waals surface area contributed by atoms with Crippen molar-refractivity contribution in [2.45, 2.75) is 44.8 Å². The summed E-state index contributed by atoms with van der Waals surface area (Å²) in [5, 5.41) is 31.6. The molecule has 0 saturated heterocycles. The average Bonchev–Trinajstić information content (AvgIpc) is 2.86. The van der Waals surface area contributed by atoms with E-state index in [0.29, 0.717) is 19.3 Å². The van der Waals surface area contributed by atoms with E-state index in [4.69, 9.17) is 0 Å². The van der Waals surface area contributed by atoms with Crippen molar-refractivity contribution < 1.29 is 24.9 Å². The molecule has 2 saturated carbocycles. The van der Waals surface area contributed by atoms with Crippen LogP contribution in [-0.2, 0) is 9.59 Å². The molecule has 3 N–H and O–H groups in total. The van der Waals surface area contributed by atoms with Crippen molar-refractivity contribution in [3.63, 3.8) is 0 Å². The molecule has 0 aromatic rings. The molecule has 2 fully saturated rings. The zero-order chi connectivity index (χ0) is 18.9. The lowest BCUT2D eigenvalue weighted by molar-refractivity contribution is -0.172. The van der Waals surface area contributed by atoms with E-state index >= 15 is 0 Å². The Labute approximate surface area is 153 Å². The van der Waals surface area contributed by atoms with Crippen LogP contribution < -0.4 is 0 Å². The Balaban J connectivity index is 1.80. The second kappa shape index (κ2) is 5.47. The lowest BCUT2D eigenvalue weighted by atomic mass is 9.48. The van der Waals surface area contributed by atoms with Crippen molar-refractivity contribution in [3.05, 3.63) is 36.0 Å². The van der Waals surface area contributed by atoms with Crippen LogP contribution >= 0.6 is 0 Å². The number of carbonyl (C=O) groups is 2. The van der Waals surface area contributed by atoms with Crippen molar-refractivity contribution in [2.75, 3.05) is 6.61 Å². The number of aliphatic hydroxyl groups is 3. The summed E-state index contributed by atoms with van der Waals surface area (Å²) in [5.74, 6) is -0.656. The third kappa shape index (κ3) is 2.02. The van der Waals surface area contributed by atoms with Crippen LogP contribution in [0.1, 0.15) is 33.1 Å². The Morgan fingerprint density at radius 2 is 2.04 bits per heavy atom. The van der Waals surface area contributed by atoms with Gasteiger partial charge in [0.1, 0.15) is 12.2 Å². The number of fused-ring (bicyclic) bond motifs is 5. The largest absolute Gasteiger partial charge is 0.393 e. The molecule has 0 aromatic heterocycles. The van der Waals surface area contributed by atoms with Gasteiger partial charge in [0.25, 0.3) is 0 Å². The molecule has 0 bridgehead atoms. The molecule has 0 spiro atoms. The molecular formula is C21H26O5. The number of rotatable bonds is 2. The van der Waals surface area contributed by atoms with Gasteiger partial charge in [-0.05, 0) is 48.8 Å². The van der Waals surface area contributed by atoms with Gasteiger partial charge in [-0.3, -0.25) is 9.59 Å². The van der Waals surface area contributed by atoms with Crippen molar-refractivity contribution in [3.8, 4) is 0 Å². The van der Waals surface area contributed by atoms with E-state index in [9.17, 15) is 24.9 Å². The van der Waals surface area contributed by atoms with E-state index in [2.05, 4.69) is 6.92 Å². The molecule has 140 valence electrons. The Hall–Kier alpha value is -1.56. The van der Waals surface area contributed by atoms with E-state index in [0.717, 1.165) is 5.57 Å². The monoisotopic (exact) mass is 358 g/mol. The summed E-state index contributed by atoms with van der Waals surface area (Å²) in [6.45, 7) is 3.24. The van der Waals surface area contributed by atoms with Gasteiger partial charge in [0.05, 0.1) is 6.10 Å². The van der Waals surface area contributed by atoms with Gasteiger partial charge in [0.2, 0.25) is 0 Å². The highest BCUT2D eigenvalue weighted by molar-refractivity contribution is 6.01. The first-order chi connectivity index (χ1) is 12.2. The van der Waals surface area contributed by atoms with Crippen LogP contribution in [-0.4, -0.2) is 45.2 Å². The zero-order valence-corrected chi connectivity index (χ0v) is 15.2. The van der Waals surface area contributed by atoms with Crippen LogP contribution in [0.4, 0.5) is 0 Å². The molecule has 26 heavy (non-hydrogen) atoms. The molecule has 4 aliphatic rings. The lowest BCUT2D eigenvalue weighted by Gasteiger charge is -2.57. The standard InChI is InChI=1S/C21H26O5/c1-19-7-5-13(23)9-12(19)3-4-14-15-6-8-21(26,17(25)11-22)20(15,2)10-16(24)18(14)19/h3-5,7,9,14-16,18,22,24,26H,6,8,10-11H2,1-2H3/t14-,15-,16-,18?,19-,20-,21-/m0/s1. The van der Waals surface area contributed by atoms with Crippen LogP contribution in [0.15, 0.2) is 36.0 Å². The summed E-state index contributed by atoms with van der Waals surface area (Å²) in [6, 6.07) is 0. The fourth-order valence-electron chi connectivity index (χ4n) is 6.38. The van der Waals surface area contributed by atoms with Crippen LogP contribution in [0.2, 0.25) is 0 Å². The van der Waals surface area contributed by atoms with Crippen LogP contribution in [0, 0.1) is 28.6 Å². The number of allylic oxidation sites excluding steroid dienone is 6. The number of carbonyl (C=O) groups excluding carboxylic acids is 2. The van der Waals surface area contributed by atoms with Crippen molar-refractivity contribution in [1.82, 2.24) is 0 Å². The molecule has 0 amide bonds. The maximum absolute atomic E-state index is 12.3. The molecule has 7 atom stereocenters. The summed E-state index contributed by atoms with van der Waals surface area (Å²) < 4.78 is 0. The third-order valence-electron chi connectivity index (χ3n) is 7.82. The first kappa shape index (κ1) is 17.8. The summed E-state index contributed by atoms with van der Waals surface area (Å²) >= 11 is 0. The fourth-order valence-corrected chi connectivity index (χ4v) is 6.38. The maximum Gasteiger partial charge on any atom is 0.190 e. The van der Waals surface area contributed by atoms with Gasteiger partial charge in [0.15, 0.2) is 11.6 Å². The number of ketones is 2. The predicted molar refractivity (Wildman–Crippen MR) is 95.0 cm³/mol. The molecule has 0 heterocycles. The number of Topliss-reactive ketones (excluding diaryl/α,β-unsaturated/α-hetero) is 1. The predicted octanol–water partition coefficient (Wildman–Crippen LogP) is 1.33. The number of hydrogen-bond donors (Lipinski definition) is 3. The highest BCUT2D eigenvalue weighted by atomic mass is 16.3. The van der Waals surface area contributed by atoms with Crippen LogP contribution in [0.5, 0.6) is 0 Å². The molecule has 0 aromatic carbocycles. The lowest BCUT2D eigenvalue weighted by Crippen LogP contribution is -2.61. The molecule has 4 aliphatic carbocycles. The first-order valence-corrected chi connectivity index (χ1v) is 9.35. The number of hydrogen-bond acceptors (Lipinski definition) is 5. The quantitative estimate of drug-likeness (QED) is 0.692. The third-order valence-corrected chi connectivity index (χ3v) is 7.82. The van der Waals surface area contributed by atoms with Gasteiger partial charge < -0.3 is 15.3 Å². The first-order valence-electron chi connectivity index (χ1n) is 9.35. The molecule has 0 aliphatic heterocycles. The van der Waals surface area contributed by atoms with Gasteiger partial charge in [-0.15, -0.1) is 0 Å². The molecule has 0 radical (unpaired) electrons. The summed E-state index contributed by atoms with van der Waals surface area (Å²) in [6.07, 6.45) is 9.69. The summed E-state index contributed by atoms with van der Waals surface area (Å²) in [5.41, 5.74) is -1.89. The molecule has 1 unspecified atom stereocenters. The minimum absolute atomic E-state index is 0.00395. The zero-order valence-electron chi connectivity index (χ0n) is 15.2. The van der Waals surface area contributed by atoms with Gasteiger partial charge in [-0.25, -0.2) is 0 Å². The Kier molecular flexibility index (Phi) is 3.75. The van der Waals surface area contributed by atoms with Crippen molar-refractivity contribution in [1.29, 1.82) is 0 Å². The topological polar surface area (TPSA) is 94.8 Å². The SMILES string of the molecule is C[C@]12C=CC(=O)C=C1C=C[C@@H]1C2[C@@H](O)C[C@@]2(C)[C@H]1CC[C@]2(O)C(=O)CO. The van der Waals surface area contributed by atoms with Crippen molar-refractivity contribution in [2.24, 2.45) is 28.6 Å². The highest BCUT2D eigenvalue weighted by Crippen LogP contribution is 2.65. The summed E-state index contributed by atoms with van der Waals surface area (Å²) in [7, 11) is 0. The van der Waals surface area contributed by atoms with E-state index in [1.807, 2.05) is 25.2 Å². The smallest absolute Gasteiger partial charge is 0.190 e. The Morgan fingerprint density at radius 3 is 2.73 bits per heavy atom. The molecule has 5 heteroatoms. The summed E-state index contributed by atoms with van der Waals surface area (Å²) in [4.78, 5) is 24.1. The van der Waals surface area contributed by atoms with Crippen molar-refractivity contribution >= 4 is 11.6 Å².